The molecule has 2 rings (SSSR count). The summed E-state index contributed by atoms with van der Waals surface area (Å²) in [7, 11) is 1.98. The van der Waals surface area contributed by atoms with Gasteiger partial charge in [-0.05, 0) is 37.8 Å². The summed E-state index contributed by atoms with van der Waals surface area (Å²) in [5.74, 6) is 1.48. The fourth-order valence-corrected chi connectivity index (χ4v) is 3.37. The van der Waals surface area contributed by atoms with Crippen LogP contribution in [0.25, 0.3) is 0 Å². The Morgan fingerprint density at radius 2 is 1.94 bits per heavy atom. The van der Waals surface area contributed by atoms with Crippen molar-refractivity contribution < 1.29 is 0 Å². The first-order valence-corrected chi connectivity index (χ1v) is 7.35. The first-order chi connectivity index (χ1) is 8.61. The quantitative estimate of drug-likeness (QED) is 0.886. The molecule has 0 aromatic carbocycles. The molecule has 0 amide bonds. The van der Waals surface area contributed by atoms with Gasteiger partial charge in [-0.1, -0.05) is 43.0 Å². The van der Waals surface area contributed by atoms with Gasteiger partial charge >= 0.3 is 0 Å². The summed E-state index contributed by atoms with van der Waals surface area (Å²) in [6, 6.07) is 2.02. The van der Waals surface area contributed by atoms with Crippen LogP contribution in [0.3, 0.4) is 0 Å². The zero-order valence-electron chi connectivity index (χ0n) is 10.9. The number of aromatic nitrogens is 1. The van der Waals surface area contributed by atoms with Crippen molar-refractivity contribution in [3.8, 4) is 0 Å². The van der Waals surface area contributed by atoms with E-state index in [4.69, 9.17) is 23.2 Å². The SMILES string of the molecule is CNC(c1ncc(Cl)cc1Cl)C1CCC(C)CC1. The minimum atomic E-state index is 0.238. The predicted molar refractivity (Wildman–Crippen MR) is 77.2 cm³/mol. The molecule has 0 aliphatic heterocycles. The van der Waals surface area contributed by atoms with Crippen molar-refractivity contribution in [2.45, 2.75) is 38.6 Å². The van der Waals surface area contributed by atoms with Gasteiger partial charge in [0.15, 0.2) is 0 Å². The predicted octanol–water partition coefficient (Wildman–Crippen LogP) is 4.48. The maximum atomic E-state index is 6.26. The van der Waals surface area contributed by atoms with Gasteiger partial charge in [-0.3, -0.25) is 4.98 Å². The molecule has 0 saturated heterocycles. The zero-order chi connectivity index (χ0) is 13.1. The Morgan fingerprint density at radius 1 is 1.28 bits per heavy atom. The van der Waals surface area contributed by atoms with E-state index in [0.717, 1.165) is 11.6 Å². The summed E-state index contributed by atoms with van der Waals surface area (Å²) in [5, 5.41) is 4.63. The first kappa shape index (κ1) is 14.1. The Hall–Kier alpha value is -0.310. The topological polar surface area (TPSA) is 24.9 Å². The van der Waals surface area contributed by atoms with E-state index < -0.39 is 0 Å². The van der Waals surface area contributed by atoms with Crippen molar-refractivity contribution in [2.75, 3.05) is 7.05 Å². The van der Waals surface area contributed by atoms with Gasteiger partial charge in [0.25, 0.3) is 0 Å². The van der Waals surface area contributed by atoms with E-state index in [1.54, 1.807) is 12.3 Å². The van der Waals surface area contributed by atoms with Crippen molar-refractivity contribution in [1.82, 2.24) is 10.3 Å². The second kappa shape index (κ2) is 6.23. The van der Waals surface area contributed by atoms with Crippen LogP contribution >= 0.6 is 23.2 Å². The molecule has 0 bridgehead atoms. The van der Waals surface area contributed by atoms with Gasteiger partial charge < -0.3 is 5.32 Å². The molecule has 1 fully saturated rings. The number of pyridine rings is 1. The van der Waals surface area contributed by atoms with Gasteiger partial charge in [-0.2, -0.15) is 0 Å². The molecule has 1 aliphatic rings. The Bertz CT molecular complexity index is 401. The Kier molecular flexibility index (Phi) is 4.88. The van der Waals surface area contributed by atoms with Crippen molar-refractivity contribution in [1.29, 1.82) is 0 Å². The lowest BCUT2D eigenvalue weighted by Gasteiger charge is -2.32. The highest BCUT2D eigenvalue weighted by molar-refractivity contribution is 6.34. The van der Waals surface area contributed by atoms with Crippen molar-refractivity contribution in [3.05, 3.63) is 28.0 Å². The third kappa shape index (κ3) is 3.17. The summed E-state index contributed by atoms with van der Waals surface area (Å²) >= 11 is 12.2. The minimum Gasteiger partial charge on any atom is -0.311 e. The second-order valence-electron chi connectivity index (χ2n) is 5.31. The molecule has 1 heterocycles. The zero-order valence-corrected chi connectivity index (χ0v) is 12.4. The lowest BCUT2D eigenvalue weighted by atomic mass is 9.78. The van der Waals surface area contributed by atoms with E-state index in [1.165, 1.54) is 25.7 Å². The monoisotopic (exact) mass is 286 g/mol. The normalized spacial score (nSPS) is 26.0. The molecule has 1 N–H and O–H groups in total. The molecule has 1 saturated carbocycles. The van der Waals surface area contributed by atoms with E-state index >= 15 is 0 Å². The Morgan fingerprint density at radius 3 is 2.50 bits per heavy atom. The van der Waals surface area contributed by atoms with Crippen LogP contribution < -0.4 is 5.32 Å². The van der Waals surface area contributed by atoms with Crippen LogP contribution in [0.1, 0.15) is 44.3 Å². The molecule has 4 heteroatoms. The van der Waals surface area contributed by atoms with Gasteiger partial charge in [0.05, 0.1) is 21.8 Å². The van der Waals surface area contributed by atoms with E-state index in [1.807, 2.05) is 7.05 Å². The number of halogens is 2. The highest BCUT2D eigenvalue weighted by atomic mass is 35.5. The molecule has 1 aromatic rings. The van der Waals surface area contributed by atoms with Crippen LogP contribution in [-0.2, 0) is 0 Å². The minimum absolute atomic E-state index is 0.238. The molecule has 1 aromatic heterocycles. The highest BCUT2D eigenvalue weighted by Crippen LogP contribution is 2.38. The van der Waals surface area contributed by atoms with Gasteiger partial charge in [-0.15, -0.1) is 0 Å². The van der Waals surface area contributed by atoms with Crippen LogP contribution in [-0.4, -0.2) is 12.0 Å². The van der Waals surface area contributed by atoms with E-state index in [-0.39, 0.29) is 6.04 Å². The molecule has 0 spiro atoms. The molecule has 18 heavy (non-hydrogen) atoms. The van der Waals surface area contributed by atoms with Gasteiger partial charge in [0.1, 0.15) is 0 Å². The van der Waals surface area contributed by atoms with Crippen LogP contribution in [0.5, 0.6) is 0 Å². The molecule has 100 valence electrons. The highest BCUT2D eigenvalue weighted by Gasteiger charge is 2.28. The van der Waals surface area contributed by atoms with Crippen molar-refractivity contribution in [2.24, 2.45) is 11.8 Å². The third-order valence-electron chi connectivity index (χ3n) is 3.97. The maximum Gasteiger partial charge on any atom is 0.0762 e. The van der Waals surface area contributed by atoms with Gasteiger partial charge in [0.2, 0.25) is 0 Å². The number of nitrogens with one attached hydrogen (secondary N) is 1. The largest absolute Gasteiger partial charge is 0.311 e. The number of rotatable bonds is 3. The van der Waals surface area contributed by atoms with Crippen LogP contribution in [0, 0.1) is 11.8 Å². The average Bonchev–Trinajstić information content (AvgIpc) is 2.35. The number of nitrogens with zero attached hydrogens (tertiary/aromatic N) is 1. The molecular weight excluding hydrogens is 267 g/mol. The van der Waals surface area contributed by atoms with E-state index in [9.17, 15) is 0 Å². The second-order valence-corrected chi connectivity index (χ2v) is 6.15. The molecule has 1 unspecified atom stereocenters. The Balaban J connectivity index is 2.17. The summed E-state index contributed by atoms with van der Waals surface area (Å²) in [4.78, 5) is 4.42. The molecule has 2 nitrogen and oxygen atoms in total. The van der Waals surface area contributed by atoms with Crippen molar-refractivity contribution >= 4 is 23.2 Å². The van der Waals surface area contributed by atoms with Gasteiger partial charge in [-0.25, -0.2) is 0 Å². The summed E-state index contributed by atoms with van der Waals surface area (Å²) in [5.41, 5.74) is 0.933. The van der Waals surface area contributed by atoms with Crippen LogP contribution in [0.4, 0.5) is 0 Å². The van der Waals surface area contributed by atoms with Gasteiger partial charge in [0, 0.05) is 6.20 Å². The van der Waals surface area contributed by atoms with E-state index in [0.29, 0.717) is 16.0 Å². The molecule has 0 radical (unpaired) electrons. The number of hydrogen-bond donors (Lipinski definition) is 1. The lowest BCUT2D eigenvalue weighted by Crippen LogP contribution is -2.29. The smallest absolute Gasteiger partial charge is 0.0762 e. The number of hydrogen-bond acceptors (Lipinski definition) is 2. The fraction of sp³-hybridized carbons (Fsp3) is 0.643. The summed E-state index contributed by atoms with van der Waals surface area (Å²) < 4.78 is 0. The average molecular weight is 287 g/mol. The summed E-state index contributed by atoms with van der Waals surface area (Å²) in [6.07, 6.45) is 6.77. The van der Waals surface area contributed by atoms with Crippen molar-refractivity contribution in [3.63, 3.8) is 0 Å². The molecule has 1 atom stereocenters. The summed E-state index contributed by atoms with van der Waals surface area (Å²) in [6.45, 7) is 2.33. The molecule has 1 aliphatic carbocycles. The van der Waals surface area contributed by atoms with E-state index in [2.05, 4.69) is 17.2 Å². The third-order valence-corrected chi connectivity index (χ3v) is 4.48. The molecular formula is C14H20Cl2N2. The van der Waals surface area contributed by atoms with Crippen LogP contribution in [0.2, 0.25) is 10.0 Å². The lowest BCUT2D eigenvalue weighted by molar-refractivity contribution is 0.235. The standard InChI is InChI=1S/C14H20Cl2N2/c1-9-3-5-10(6-4-9)13(17-2)14-12(16)7-11(15)8-18-14/h7-10,13,17H,3-6H2,1-2H3. The Labute approximate surface area is 119 Å². The first-order valence-electron chi connectivity index (χ1n) is 6.60. The maximum absolute atomic E-state index is 6.26. The fourth-order valence-electron chi connectivity index (χ4n) is 2.87. The van der Waals surface area contributed by atoms with Crippen LogP contribution in [0.15, 0.2) is 12.3 Å².